The van der Waals surface area contributed by atoms with E-state index in [1.807, 2.05) is 23.1 Å². The van der Waals surface area contributed by atoms with Crippen molar-refractivity contribution in [1.82, 2.24) is 19.7 Å². The summed E-state index contributed by atoms with van der Waals surface area (Å²) < 4.78 is 37.7. The zero-order valence-corrected chi connectivity index (χ0v) is 30.9. The van der Waals surface area contributed by atoms with Gasteiger partial charge in [0.2, 0.25) is 5.91 Å². The topological polar surface area (TPSA) is 104 Å². The lowest BCUT2D eigenvalue weighted by Crippen LogP contribution is -2.36. The zero-order chi connectivity index (χ0) is 37.3. The molecule has 0 atom stereocenters. The van der Waals surface area contributed by atoms with Gasteiger partial charge in [0.05, 0.1) is 18.2 Å². The maximum atomic E-state index is 14.9. The first-order chi connectivity index (χ1) is 26.2. The van der Waals surface area contributed by atoms with E-state index in [4.69, 9.17) is 14.9 Å². The highest BCUT2D eigenvalue weighted by atomic mass is 19.3. The van der Waals surface area contributed by atoms with Crippen LogP contribution in [0.4, 0.5) is 26.1 Å². The van der Waals surface area contributed by atoms with Crippen molar-refractivity contribution in [3.63, 3.8) is 0 Å². The van der Waals surface area contributed by atoms with Crippen molar-refractivity contribution in [2.24, 2.45) is 5.92 Å². The third-order valence-electron chi connectivity index (χ3n) is 11.9. The van der Waals surface area contributed by atoms with Crippen LogP contribution >= 0.6 is 0 Å². The van der Waals surface area contributed by atoms with Crippen LogP contribution in [-0.2, 0) is 35.3 Å². The minimum absolute atomic E-state index is 0.0235. The molecule has 0 radical (unpaired) electrons. The largest absolute Gasteiger partial charge is 0.478 e. The van der Waals surface area contributed by atoms with E-state index in [0.29, 0.717) is 44.3 Å². The van der Waals surface area contributed by atoms with Gasteiger partial charge in [-0.15, -0.1) is 0 Å². The molecule has 0 bridgehead atoms. The Hall–Kier alpha value is -4.84. The minimum atomic E-state index is -2.65. The highest BCUT2D eigenvalue weighted by Gasteiger charge is 2.34. The predicted octanol–water partition coefficient (Wildman–Crippen LogP) is 7.77. The highest BCUT2D eigenvalue weighted by molar-refractivity contribution is 5.87. The second-order valence-corrected chi connectivity index (χ2v) is 15.2. The van der Waals surface area contributed by atoms with E-state index in [1.165, 1.54) is 11.8 Å². The highest BCUT2D eigenvalue weighted by Crippen LogP contribution is 2.44. The lowest BCUT2D eigenvalue weighted by atomic mass is 9.89. The van der Waals surface area contributed by atoms with Crippen molar-refractivity contribution in [2.75, 3.05) is 49.2 Å². The summed E-state index contributed by atoms with van der Waals surface area (Å²) in [5, 5.41) is 14.4. The molecule has 8 rings (SSSR count). The summed E-state index contributed by atoms with van der Waals surface area (Å²) in [6.45, 7) is 6.54. The Balaban J connectivity index is 0.987. The SMILES string of the molecule is CC(=O)N1CCc2c(c(N3CCCc4cc(-c5ccc(CCC6CCN(c7ccc(C(=O)O)cn7)CC6)cc5)c(C(F)F)cc43)nn2C2CCOCC2)C1. The quantitative estimate of drug-likeness (QED) is 0.186. The molecule has 6 heterocycles. The van der Waals surface area contributed by atoms with Gasteiger partial charge in [-0.25, -0.2) is 18.6 Å². The molecule has 284 valence electrons. The van der Waals surface area contributed by atoms with E-state index in [1.54, 1.807) is 25.1 Å². The summed E-state index contributed by atoms with van der Waals surface area (Å²) in [6.07, 6.45) is 6.97. The van der Waals surface area contributed by atoms with Crippen molar-refractivity contribution in [3.8, 4) is 11.1 Å². The molecule has 0 saturated carbocycles. The van der Waals surface area contributed by atoms with E-state index in [-0.39, 0.29) is 23.1 Å². The molecule has 0 aliphatic carbocycles. The smallest absolute Gasteiger partial charge is 0.337 e. The Kier molecular flexibility index (Phi) is 10.4. The summed E-state index contributed by atoms with van der Waals surface area (Å²) in [4.78, 5) is 34.2. The number of pyridine rings is 1. The predicted molar refractivity (Wildman–Crippen MR) is 203 cm³/mol. The van der Waals surface area contributed by atoms with Crippen molar-refractivity contribution >= 4 is 29.2 Å². The molecule has 2 saturated heterocycles. The first kappa shape index (κ1) is 36.2. The second-order valence-electron chi connectivity index (χ2n) is 15.2. The Morgan fingerprint density at radius 1 is 0.963 bits per heavy atom. The number of nitrogens with zero attached hydrogens (tertiary/aromatic N) is 6. The van der Waals surface area contributed by atoms with Gasteiger partial charge in [0, 0.05) is 81.4 Å². The molecule has 2 aromatic heterocycles. The molecule has 4 aliphatic rings. The van der Waals surface area contributed by atoms with Crippen LogP contribution in [0.5, 0.6) is 0 Å². The number of hydrogen-bond donors (Lipinski definition) is 1. The zero-order valence-electron chi connectivity index (χ0n) is 30.9. The van der Waals surface area contributed by atoms with Gasteiger partial charge < -0.3 is 24.5 Å². The Morgan fingerprint density at radius 3 is 2.43 bits per heavy atom. The fourth-order valence-corrected chi connectivity index (χ4v) is 8.82. The first-order valence-corrected chi connectivity index (χ1v) is 19.4. The fraction of sp³-hybridized carbons (Fsp3) is 0.476. The Morgan fingerprint density at radius 2 is 1.74 bits per heavy atom. The van der Waals surface area contributed by atoms with Crippen LogP contribution in [0.25, 0.3) is 11.1 Å². The number of piperidine rings is 1. The number of carbonyl (C=O) groups excluding carboxylic acids is 1. The maximum Gasteiger partial charge on any atom is 0.337 e. The van der Waals surface area contributed by atoms with Gasteiger partial charge in [-0.3, -0.25) is 9.48 Å². The van der Waals surface area contributed by atoms with Gasteiger partial charge in [-0.2, -0.15) is 5.10 Å². The number of aromatic carboxylic acids is 1. The number of carbonyl (C=O) groups is 2. The normalized spacial score (nSPS) is 18.2. The number of halogens is 2. The number of benzene rings is 2. The van der Waals surface area contributed by atoms with Crippen LogP contribution in [0.3, 0.4) is 0 Å². The number of alkyl halides is 2. The average molecular weight is 739 g/mol. The van der Waals surface area contributed by atoms with Gasteiger partial charge in [-0.1, -0.05) is 24.3 Å². The van der Waals surface area contributed by atoms with Gasteiger partial charge in [0.15, 0.2) is 5.82 Å². The lowest BCUT2D eigenvalue weighted by molar-refractivity contribution is -0.129. The molecular weight excluding hydrogens is 690 g/mol. The van der Waals surface area contributed by atoms with E-state index < -0.39 is 12.4 Å². The molecule has 1 N–H and O–H groups in total. The van der Waals surface area contributed by atoms with Crippen molar-refractivity contribution in [2.45, 2.75) is 83.7 Å². The van der Waals surface area contributed by atoms with E-state index in [0.717, 1.165) is 111 Å². The number of ether oxygens (including phenoxy) is 1. The summed E-state index contributed by atoms with van der Waals surface area (Å²) in [6, 6.07) is 15.4. The number of carboxylic acids is 1. The number of amides is 1. The molecular formula is C42H48F2N6O4. The Labute approximate surface area is 314 Å². The lowest BCUT2D eigenvalue weighted by Gasteiger charge is -2.33. The number of aromatic nitrogens is 3. The third kappa shape index (κ3) is 7.32. The number of aryl methyl sites for hydroxylation is 2. The maximum absolute atomic E-state index is 14.9. The fourth-order valence-electron chi connectivity index (χ4n) is 8.82. The average Bonchev–Trinajstić information content (AvgIpc) is 3.59. The molecule has 1 amide bonds. The number of anilines is 3. The number of rotatable bonds is 9. The van der Waals surface area contributed by atoms with Gasteiger partial charge in [-0.05, 0) is 104 Å². The summed E-state index contributed by atoms with van der Waals surface area (Å²) in [5.74, 6) is 1.23. The van der Waals surface area contributed by atoms with Gasteiger partial charge in [0.25, 0.3) is 6.43 Å². The second kappa shape index (κ2) is 15.5. The van der Waals surface area contributed by atoms with Crippen molar-refractivity contribution in [1.29, 1.82) is 0 Å². The molecule has 2 aromatic carbocycles. The van der Waals surface area contributed by atoms with E-state index in [2.05, 4.69) is 31.6 Å². The molecule has 12 heteroatoms. The van der Waals surface area contributed by atoms with Crippen LogP contribution < -0.4 is 9.80 Å². The first-order valence-electron chi connectivity index (χ1n) is 19.4. The van der Waals surface area contributed by atoms with Crippen molar-refractivity contribution < 1.29 is 28.2 Å². The molecule has 0 spiro atoms. The molecule has 10 nitrogen and oxygen atoms in total. The van der Waals surface area contributed by atoms with Gasteiger partial charge >= 0.3 is 5.97 Å². The minimum Gasteiger partial charge on any atom is -0.478 e. The molecule has 54 heavy (non-hydrogen) atoms. The van der Waals surface area contributed by atoms with E-state index in [9.17, 15) is 18.4 Å². The van der Waals surface area contributed by atoms with Gasteiger partial charge in [0.1, 0.15) is 5.82 Å². The number of hydrogen-bond acceptors (Lipinski definition) is 7. The van der Waals surface area contributed by atoms with Crippen LogP contribution in [0, 0.1) is 5.92 Å². The van der Waals surface area contributed by atoms with Crippen LogP contribution in [-0.4, -0.2) is 76.0 Å². The number of carboxylic acid groups (broad SMARTS) is 1. The summed E-state index contributed by atoms with van der Waals surface area (Å²) in [7, 11) is 0. The molecule has 2 fully saturated rings. The van der Waals surface area contributed by atoms with Crippen LogP contribution in [0.2, 0.25) is 0 Å². The van der Waals surface area contributed by atoms with E-state index >= 15 is 0 Å². The van der Waals surface area contributed by atoms with Crippen molar-refractivity contribution in [3.05, 3.63) is 88.2 Å². The third-order valence-corrected chi connectivity index (χ3v) is 11.9. The molecule has 4 aliphatic heterocycles. The van der Waals surface area contributed by atoms with Crippen LogP contribution in [0.1, 0.15) is 96.2 Å². The standard InChI is InChI=1S/C42H48F2N6O4/c1-27(51)48-20-14-37-36(26-48)41(46-50(37)33-15-21-54-22-16-33)49-17-2-3-31-23-34(35(40(43)44)24-38(31)49)30-8-6-28(7-9-30)4-5-29-12-18-47(19-13-29)39-11-10-32(25-45-39)42(52)53/h6-11,23-25,29,33,40H,2-5,12-22,26H2,1H3,(H,52,53). The molecule has 4 aromatic rings. The number of fused-ring (bicyclic) bond motifs is 2. The summed E-state index contributed by atoms with van der Waals surface area (Å²) in [5.41, 5.74) is 6.79. The Bertz CT molecular complexity index is 1990. The summed E-state index contributed by atoms with van der Waals surface area (Å²) >= 11 is 0. The molecule has 0 unspecified atom stereocenters. The van der Waals surface area contributed by atoms with Crippen LogP contribution in [0.15, 0.2) is 54.7 Å². The monoisotopic (exact) mass is 738 g/mol.